The van der Waals surface area contributed by atoms with Crippen LogP contribution in [0.1, 0.15) is 16.8 Å². The summed E-state index contributed by atoms with van der Waals surface area (Å²) in [5.74, 6) is -0.588. The number of aromatic nitrogens is 2. The largest absolute Gasteiger partial charge is 0.481 e. The lowest BCUT2D eigenvalue weighted by Gasteiger charge is -2.06. The Hall–Kier alpha value is -2.43. The normalized spacial score (nSPS) is 10.4. The molecule has 98 valence electrons. The molecule has 2 rings (SSSR count). The highest BCUT2D eigenvalue weighted by Gasteiger charge is 2.12. The molecule has 0 fully saturated rings. The van der Waals surface area contributed by atoms with E-state index in [1.165, 1.54) is 0 Å². The summed E-state index contributed by atoms with van der Waals surface area (Å²) in [6, 6.07) is 7.58. The highest BCUT2D eigenvalue weighted by molar-refractivity contribution is 5.70. The number of carboxylic acids is 1. The zero-order chi connectivity index (χ0) is 14.0. The third-order valence-electron chi connectivity index (χ3n) is 2.88. The lowest BCUT2D eigenvalue weighted by atomic mass is 10.1. The maximum Gasteiger partial charge on any atom is 0.308 e. The van der Waals surface area contributed by atoms with Gasteiger partial charge < -0.3 is 10.1 Å². The molecule has 0 amide bonds. The van der Waals surface area contributed by atoms with Crippen LogP contribution in [0.2, 0.25) is 0 Å². The highest BCUT2D eigenvalue weighted by atomic mass is 16.4. The summed E-state index contributed by atoms with van der Waals surface area (Å²) >= 11 is 0. The van der Waals surface area contributed by atoms with E-state index in [1.807, 2.05) is 31.2 Å². The zero-order valence-corrected chi connectivity index (χ0v) is 10.7. The number of rotatable bonds is 3. The molecule has 0 bridgehead atoms. The fourth-order valence-electron chi connectivity index (χ4n) is 1.82. The van der Waals surface area contributed by atoms with E-state index in [1.54, 1.807) is 6.92 Å². The molecule has 0 aliphatic carbocycles. The Morgan fingerprint density at radius 2 is 1.89 bits per heavy atom. The Labute approximate surface area is 110 Å². The van der Waals surface area contributed by atoms with Gasteiger partial charge in [0.2, 0.25) is 0 Å². The zero-order valence-electron chi connectivity index (χ0n) is 10.7. The Kier molecular flexibility index (Phi) is 3.46. The number of aliphatic carboxylic acids is 1. The van der Waals surface area contributed by atoms with Gasteiger partial charge in [-0.2, -0.15) is 0 Å². The summed E-state index contributed by atoms with van der Waals surface area (Å²) in [6.07, 6.45) is -0.317. The van der Waals surface area contributed by atoms with E-state index >= 15 is 0 Å². The number of carboxylic acid groups (broad SMARTS) is 1. The van der Waals surface area contributed by atoms with Gasteiger partial charge in [-0.3, -0.25) is 9.59 Å². The minimum Gasteiger partial charge on any atom is -0.481 e. The molecular formula is C14H14N2O3. The summed E-state index contributed by atoms with van der Waals surface area (Å²) in [4.78, 5) is 29.5. The van der Waals surface area contributed by atoms with Gasteiger partial charge >= 0.3 is 5.97 Å². The Morgan fingerprint density at radius 3 is 2.42 bits per heavy atom. The Bertz CT molecular complexity index is 672. The predicted octanol–water partition coefficient (Wildman–Crippen LogP) is 1.68. The number of benzene rings is 1. The van der Waals surface area contributed by atoms with E-state index in [4.69, 9.17) is 5.11 Å². The van der Waals surface area contributed by atoms with Gasteiger partial charge in [-0.1, -0.05) is 29.8 Å². The molecule has 0 spiro atoms. The average Bonchev–Trinajstić information content (AvgIpc) is 2.34. The molecule has 0 unspecified atom stereocenters. The van der Waals surface area contributed by atoms with Crippen molar-refractivity contribution < 1.29 is 9.90 Å². The first-order valence-corrected chi connectivity index (χ1v) is 5.86. The van der Waals surface area contributed by atoms with Crippen molar-refractivity contribution in [3.8, 4) is 11.4 Å². The molecule has 0 saturated heterocycles. The first-order chi connectivity index (χ1) is 8.97. The van der Waals surface area contributed by atoms with Gasteiger partial charge in [-0.05, 0) is 13.8 Å². The van der Waals surface area contributed by atoms with Crippen molar-refractivity contribution in [1.82, 2.24) is 9.97 Å². The van der Waals surface area contributed by atoms with Gasteiger partial charge in [0.1, 0.15) is 5.82 Å². The van der Waals surface area contributed by atoms with E-state index < -0.39 is 11.5 Å². The van der Waals surface area contributed by atoms with Crippen molar-refractivity contribution in [1.29, 1.82) is 0 Å². The lowest BCUT2D eigenvalue weighted by Crippen LogP contribution is -2.20. The number of nitrogens with zero attached hydrogens (tertiary/aromatic N) is 1. The molecule has 19 heavy (non-hydrogen) atoms. The molecule has 1 heterocycles. The Morgan fingerprint density at radius 1 is 1.26 bits per heavy atom. The molecule has 0 aliphatic heterocycles. The average molecular weight is 258 g/mol. The van der Waals surface area contributed by atoms with E-state index in [9.17, 15) is 9.59 Å². The fraction of sp³-hybridized carbons (Fsp3) is 0.214. The van der Waals surface area contributed by atoms with Crippen LogP contribution in [0.15, 0.2) is 29.1 Å². The monoisotopic (exact) mass is 258 g/mol. The maximum atomic E-state index is 11.9. The van der Waals surface area contributed by atoms with Crippen LogP contribution in [0, 0.1) is 13.8 Å². The second kappa shape index (κ2) is 5.06. The van der Waals surface area contributed by atoms with Crippen molar-refractivity contribution in [2.24, 2.45) is 0 Å². The number of aryl methyl sites for hydroxylation is 2. The van der Waals surface area contributed by atoms with Crippen LogP contribution in [0.5, 0.6) is 0 Å². The van der Waals surface area contributed by atoms with Crippen LogP contribution in [0.3, 0.4) is 0 Å². The van der Waals surface area contributed by atoms with Crippen LogP contribution in [0.25, 0.3) is 11.4 Å². The van der Waals surface area contributed by atoms with Crippen LogP contribution in [0.4, 0.5) is 0 Å². The van der Waals surface area contributed by atoms with Gasteiger partial charge in [0.15, 0.2) is 0 Å². The molecule has 0 aliphatic rings. The molecule has 0 saturated carbocycles. The van der Waals surface area contributed by atoms with Crippen molar-refractivity contribution in [3.05, 3.63) is 51.4 Å². The van der Waals surface area contributed by atoms with Gasteiger partial charge in [0.05, 0.1) is 6.42 Å². The first kappa shape index (κ1) is 13.0. The van der Waals surface area contributed by atoms with Crippen molar-refractivity contribution in [3.63, 3.8) is 0 Å². The minimum atomic E-state index is -1.04. The molecular weight excluding hydrogens is 244 g/mol. The number of hydrogen-bond donors (Lipinski definition) is 2. The van der Waals surface area contributed by atoms with Crippen LogP contribution < -0.4 is 5.56 Å². The quantitative estimate of drug-likeness (QED) is 0.877. The van der Waals surface area contributed by atoms with Crippen LogP contribution in [-0.2, 0) is 11.2 Å². The number of carbonyl (C=O) groups is 1. The smallest absolute Gasteiger partial charge is 0.308 e. The van der Waals surface area contributed by atoms with Gasteiger partial charge in [-0.15, -0.1) is 0 Å². The van der Waals surface area contributed by atoms with Gasteiger partial charge in [0.25, 0.3) is 5.56 Å². The Balaban J connectivity index is 2.48. The summed E-state index contributed by atoms with van der Waals surface area (Å²) in [5.41, 5.74) is 2.16. The predicted molar refractivity (Wildman–Crippen MR) is 71.1 cm³/mol. The molecule has 0 radical (unpaired) electrons. The van der Waals surface area contributed by atoms with E-state index in [0.29, 0.717) is 11.5 Å². The van der Waals surface area contributed by atoms with E-state index in [2.05, 4.69) is 9.97 Å². The summed E-state index contributed by atoms with van der Waals surface area (Å²) < 4.78 is 0. The topological polar surface area (TPSA) is 83.0 Å². The van der Waals surface area contributed by atoms with E-state index in [0.717, 1.165) is 11.1 Å². The first-order valence-electron chi connectivity index (χ1n) is 5.86. The summed E-state index contributed by atoms with van der Waals surface area (Å²) in [7, 11) is 0. The van der Waals surface area contributed by atoms with Crippen molar-refractivity contribution in [2.45, 2.75) is 20.3 Å². The lowest BCUT2D eigenvalue weighted by molar-refractivity contribution is -0.136. The molecule has 2 N–H and O–H groups in total. The molecule has 1 aromatic carbocycles. The number of H-pyrrole nitrogens is 1. The molecule has 2 aromatic rings. The maximum absolute atomic E-state index is 11.9. The number of nitrogens with one attached hydrogen (secondary N) is 1. The molecule has 0 atom stereocenters. The second-order valence-corrected chi connectivity index (χ2v) is 4.42. The van der Waals surface area contributed by atoms with Crippen molar-refractivity contribution >= 4 is 5.97 Å². The van der Waals surface area contributed by atoms with Gasteiger partial charge in [-0.25, -0.2) is 4.98 Å². The second-order valence-electron chi connectivity index (χ2n) is 4.42. The fourth-order valence-corrected chi connectivity index (χ4v) is 1.82. The molecule has 5 heteroatoms. The van der Waals surface area contributed by atoms with Crippen molar-refractivity contribution in [2.75, 3.05) is 0 Å². The van der Waals surface area contributed by atoms with Crippen LogP contribution in [-0.4, -0.2) is 21.0 Å². The highest BCUT2D eigenvalue weighted by Crippen LogP contribution is 2.15. The summed E-state index contributed by atoms with van der Waals surface area (Å²) in [6.45, 7) is 3.62. The third-order valence-corrected chi connectivity index (χ3v) is 2.88. The summed E-state index contributed by atoms with van der Waals surface area (Å²) in [5, 5.41) is 8.75. The minimum absolute atomic E-state index is 0.198. The van der Waals surface area contributed by atoms with Gasteiger partial charge in [0, 0.05) is 16.8 Å². The van der Waals surface area contributed by atoms with Crippen LogP contribution >= 0.6 is 0 Å². The number of hydrogen-bond acceptors (Lipinski definition) is 3. The molecule has 1 aromatic heterocycles. The van der Waals surface area contributed by atoms with E-state index in [-0.39, 0.29) is 12.0 Å². The number of aromatic amines is 1. The third kappa shape index (κ3) is 2.88. The molecule has 5 nitrogen and oxygen atoms in total. The standard InChI is InChI=1S/C14H14N2O3/c1-8-3-5-10(6-4-8)13-15-9(2)11(7-12(17)18)14(19)16-13/h3-6H,7H2,1-2H3,(H,17,18)(H,15,16,19). The SMILES string of the molecule is Cc1ccc(-c2nc(C)c(CC(=O)O)c(=O)[nH]2)cc1.